The van der Waals surface area contributed by atoms with E-state index < -0.39 is 5.41 Å². The van der Waals surface area contributed by atoms with Gasteiger partial charge in [0.1, 0.15) is 0 Å². The Labute approximate surface area is 361 Å². The first-order valence-corrected chi connectivity index (χ1v) is 21.1. The zero-order chi connectivity index (χ0) is 41.0. The number of hydrogen-bond donors (Lipinski definition) is 0. The summed E-state index contributed by atoms with van der Waals surface area (Å²) in [6.45, 7) is 0. The molecule has 12 rings (SSSR count). The van der Waals surface area contributed by atoms with Crippen LogP contribution in [-0.2, 0) is 5.41 Å². The van der Waals surface area contributed by atoms with Crippen LogP contribution in [0.4, 0.5) is 17.1 Å². The summed E-state index contributed by atoms with van der Waals surface area (Å²) in [4.78, 5) is 17.5. The van der Waals surface area contributed by atoms with Crippen LogP contribution < -0.4 is 4.90 Å². The normalized spacial score (nSPS) is 12.9. The molecular weight excluding hydrogens is 753 g/mol. The lowest BCUT2D eigenvalue weighted by atomic mass is 9.64. The molecule has 1 aliphatic heterocycles. The molecule has 0 N–H and O–H groups in total. The number of para-hydroxylation sites is 3. The third-order valence-corrected chi connectivity index (χ3v) is 12.5. The summed E-state index contributed by atoms with van der Waals surface area (Å²) >= 11 is 0. The van der Waals surface area contributed by atoms with Crippen LogP contribution in [0.3, 0.4) is 0 Å². The van der Waals surface area contributed by atoms with E-state index in [0.717, 1.165) is 33.5 Å². The summed E-state index contributed by atoms with van der Waals surface area (Å²) in [5.74, 6) is 1.92. The van der Waals surface area contributed by atoms with E-state index in [2.05, 4.69) is 175 Å². The van der Waals surface area contributed by atoms with Gasteiger partial charge >= 0.3 is 0 Å². The molecule has 1 aromatic heterocycles. The Bertz CT molecular complexity index is 3200. The highest BCUT2D eigenvalue weighted by Gasteiger charge is 2.52. The Morgan fingerprint density at radius 1 is 0.290 bits per heavy atom. The first-order chi connectivity index (χ1) is 30.8. The Kier molecular flexibility index (Phi) is 8.36. The molecule has 10 aromatic rings. The maximum absolute atomic E-state index is 5.07. The van der Waals surface area contributed by atoms with E-state index in [1.54, 1.807) is 0 Å². The van der Waals surface area contributed by atoms with Crippen LogP contribution in [0, 0.1) is 0 Å². The lowest BCUT2D eigenvalue weighted by molar-refractivity contribution is 0.753. The summed E-state index contributed by atoms with van der Waals surface area (Å²) < 4.78 is 0. The lowest BCUT2D eigenvalue weighted by Crippen LogP contribution is -2.36. The van der Waals surface area contributed by atoms with E-state index in [4.69, 9.17) is 15.0 Å². The smallest absolute Gasteiger partial charge is 0.164 e. The van der Waals surface area contributed by atoms with Crippen molar-refractivity contribution in [2.75, 3.05) is 4.90 Å². The molecule has 0 atom stereocenters. The fraction of sp³-hybridized carbons (Fsp3) is 0.0172. The second-order valence-corrected chi connectivity index (χ2v) is 15.9. The van der Waals surface area contributed by atoms with Gasteiger partial charge in [0.05, 0.1) is 16.8 Å². The topological polar surface area (TPSA) is 41.9 Å². The van der Waals surface area contributed by atoms with Crippen molar-refractivity contribution in [1.29, 1.82) is 0 Å². The van der Waals surface area contributed by atoms with Crippen LogP contribution in [0.2, 0.25) is 0 Å². The molecule has 0 fully saturated rings. The molecule has 4 nitrogen and oxygen atoms in total. The molecule has 290 valence electrons. The largest absolute Gasteiger partial charge is 0.310 e. The number of benzene rings is 9. The highest BCUT2D eigenvalue weighted by atomic mass is 15.2. The predicted octanol–water partition coefficient (Wildman–Crippen LogP) is 14.4. The molecule has 62 heavy (non-hydrogen) atoms. The van der Waals surface area contributed by atoms with Crippen molar-refractivity contribution in [3.05, 3.63) is 253 Å². The van der Waals surface area contributed by atoms with Gasteiger partial charge < -0.3 is 4.90 Å². The average Bonchev–Trinajstić information content (AvgIpc) is 3.66. The van der Waals surface area contributed by atoms with Crippen molar-refractivity contribution < 1.29 is 0 Å². The van der Waals surface area contributed by atoms with Gasteiger partial charge in [-0.1, -0.05) is 200 Å². The Morgan fingerprint density at radius 3 is 1.34 bits per heavy atom. The van der Waals surface area contributed by atoms with E-state index in [1.165, 1.54) is 55.9 Å². The number of fused-ring (bicyclic) bond motifs is 9. The molecule has 0 radical (unpaired) electrons. The molecule has 0 unspecified atom stereocenters. The van der Waals surface area contributed by atoms with Crippen LogP contribution >= 0.6 is 0 Å². The van der Waals surface area contributed by atoms with Crippen molar-refractivity contribution in [3.63, 3.8) is 0 Å². The summed E-state index contributed by atoms with van der Waals surface area (Å²) in [7, 11) is 0. The van der Waals surface area contributed by atoms with E-state index >= 15 is 0 Å². The number of rotatable bonds is 6. The minimum Gasteiger partial charge on any atom is -0.310 e. The molecular formula is C58H38N4. The van der Waals surface area contributed by atoms with Crippen LogP contribution in [0.5, 0.6) is 0 Å². The van der Waals surface area contributed by atoms with E-state index in [0.29, 0.717) is 17.5 Å². The molecule has 0 saturated heterocycles. The third-order valence-electron chi connectivity index (χ3n) is 12.5. The van der Waals surface area contributed by atoms with Crippen molar-refractivity contribution in [2.45, 2.75) is 5.41 Å². The van der Waals surface area contributed by atoms with Crippen LogP contribution in [-0.4, -0.2) is 15.0 Å². The van der Waals surface area contributed by atoms with E-state index in [1.807, 2.05) is 60.7 Å². The summed E-state index contributed by atoms with van der Waals surface area (Å²) in [6.07, 6.45) is 0. The zero-order valence-corrected chi connectivity index (χ0v) is 33.7. The minimum absolute atomic E-state index is 0.541. The Morgan fingerprint density at radius 2 is 0.710 bits per heavy atom. The van der Waals surface area contributed by atoms with Crippen LogP contribution in [0.1, 0.15) is 22.3 Å². The zero-order valence-electron chi connectivity index (χ0n) is 33.7. The Balaban J connectivity index is 1.05. The quantitative estimate of drug-likeness (QED) is 0.168. The summed E-state index contributed by atoms with van der Waals surface area (Å²) in [6, 6.07) is 82.4. The first kappa shape index (κ1) is 35.7. The lowest BCUT2D eigenvalue weighted by Gasteiger charge is -2.45. The van der Waals surface area contributed by atoms with Gasteiger partial charge in [-0.15, -0.1) is 0 Å². The van der Waals surface area contributed by atoms with Crippen molar-refractivity contribution >= 4 is 17.1 Å². The fourth-order valence-corrected chi connectivity index (χ4v) is 9.97. The minimum atomic E-state index is -0.541. The van der Waals surface area contributed by atoms with E-state index in [9.17, 15) is 0 Å². The SMILES string of the molecule is c1ccc(-c2nc(-c3ccccc3)nc(-c3cccc(-c4ccccc4-c4cccc5c4-c4ccccc4C54c5ccccc5N(c5ccccc5)c5ccccc54)c3)n2)cc1. The van der Waals surface area contributed by atoms with Gasteiger partial charge in [0.2, 0.25) is 0 Å². The molecule has 1 aliphatic carbocycles. The Hall–Kier alpha value is -8.21. The second kappa shape index (κ2) is 14.5. The third kappa shape index (κ3) is 5.50. The fourth-order valence-electron chi connectivity index (χ4n) is 9.97. The van der Waals surface area contributed by atoms with Gasteiger partial charge in [-0.05, 0) is 86.0 Å². The van der Waals surface area contributed by atoms with Crippen molar-refractivity contribution in [3.8, 4) is 67.5 Å². The molecule has 2 heterocycles. The number of aromatic nitrogens is 3. The number of hydrogen-bond acceptors (Lipinski definition) is 4. The van der Waals surface area contributed by atoms with Crippen LogP contribution in [0.25, 0.3) is 67.5 Å². The van der Waals surface area contributed by atoms with Gasteiger partial charge in [0, 0.05) is 22.4 Å². The van der Waals surface area contributed by atoms with Gasteiger partial charge in [-0.2, -0.15) is 0 Å². The van der Waals surface area contributed by atoms with E-state index in [-0.39, 0.29) is 0 Å². The molecule has 0 bridgehead atoms. The molecule has 1 spiro atoms. The number of nitrogens with zero attached hydrogens (tertiary/aromatic N) is 4. The molecule has 4 heteroatoms. The molecule has 2 aliphatic rings. The first-order valence-electron chi connectivity index (χ1n) is 21.1. The van der Waals surface area contributed by atoms with Crippen LogP contribution in [0.15, 0.2) is 231 Å². The summed E-state index contributed by atoms with van der Waals surface area (Å²) in [5, 5.41) is 0. The summed E-state index contributed by atoms with van der Waals surface area (Å²) in [5.41, 5.74) is 18.0. The van der Waals surface area contributed by atoms with Gasteiger partial charge in [-0.25, -0.2) is 15.0 Å². The monoisotopic (exact) mass is 790 g/mol. The maximum Gasteiger partial charge on any atom is 0.164 e. The molecule has 0 amide bonds. The standard InChI is InChI=1S/C58H38N4/c1-4-20-39(21-5-1)55-59-56(40-22-6-2-7-23-40)61-57(60-55)42-25-18-24-41(38-42)44-28-10-11-29-45(44)46-31-19-35-51-54(46)47-30-12-13-32-48(47)58(51)49-33-14-16-36-52(49)62(43-26-8-3-9-27-43)53-37-17-15-34-50(53)58/h1-38H. The second-order valence-electron chi connectivity index (χ2n) is 15.9. The van der Waals surface area contributed by atoms with Gasteiger partial charge in [0.25, 0.3) is 0 Å². The highest BCUT2D eigenvalue weighted by molar-refractivity contribution is 6.02. The highest BCUT2D eigenvalue weighted by Crippen LogP contribution is 2.64. The van der Waals surface area contributed by atoms with Crippen molar-refractivity contribution in [1.82, 2.24) is 15.0 Å². The van der Waals surface area contributed by atoms with Gasteiger partial charge in [0.15, 0.2) is 17.5 Å². The van der Waals surface area contributed by atoms with Gasteiger partial charge in [-0.3, -0.25) is 0 Å². The average molecular weight is 791 g/mol. The number of anilines is 3. The maximum atomic E-state index is 5.07. The predicted molar refractivity (Wildman–Crippen MR) is 253 cm³/mol. The molecule has 9 aromatic carbocycles. The van der Waals surface area contributed by atoms with Crippen molar-refractivity contribution in [2.24, 2.45) is 0 Å². The molecule has 0 saturated carbocycles.